The standard InChI is InChI=1S/C21H30N2O3/c1-16-4-5-17(2)18(12-16)13-20(26)22-9-3-7-21(14-22)8-6-19(25)23(15-21)10-11-24/h4-5,12,24H,3,6-11,13-15H2,1-2H3. The molecule has 1 spiro atoms. The summed E-state index contributed by atoms with van der Waals surface area (Å²) in [6, 6.07) is 6.26. The van der Waals surface area contributed by atoms with Gasteiger partial charge in [-0.1, -0.05) is 23.8 Å². The second-order valence-electron chi connectivity index (χ2n) is 8.06. The van der Waals surface area contributed by atoms with Gasteiger partial charge in [0.25, 0.3) is 0 Å². The number of likely N-dealkylation sites (tertiary alicyclic amines) is 2. The number of carbonyl (C=O) groups excluding carboxylic acids is 2. The third kappa shape index (κ3) is 4.09. The largest absolute Gasteiger partial charge is 0.395 e. The average Bonchev–Trinajstić information content (AvgIpc) is 2.62. The maximum atomic E-state index is 12.9. The molecular weight excluding hydrogens is 328 g/mol. The van der Waals surface area contributed by atoms with Crippen molar-refractivity contribution in [1.29, 1.82) is 0 Å². The van der Waals surface area contributed by atoms with Gasteiger partial charge in [-0.2, -0.15) is 0 Å². The summed E-state index contributed by atoms with van der Waals surface area (Å²) < 4.78 is 0. The summed E-state index contributed by atoms with van der Waals surface area (Å²) in [7, 11) is 0. The van der Waals surface area contributed by atoms with Gasteiger partial charge in [-0.3, -0.25) is 9.59 Å². The Morgan fingerprint density at radius 2 is 2.04 bits per heavy atom. The molecule has 142 valence electrons. The molecule has 0 saturated carbocycles. The molecule has 2 aliphatic rings. The van der Waals surface area contributed by atoms with Gasteiger partial charge in [0.05, 0.1) is 13.0 Å². The highest BCUT2D eigenvalue weighted by Gasteiger charge is 2.42. The zero-order valence-electron chi connectivity index (χ0n) is 16.0. The molecule has 1 unspecified atom stereocenters. The zero-order valence-corrected chi connectivity index (χ0v) is 16.0. The molecule has 2 fully saturated rings. The first-order valence-corrected chi connectivity index (χ1v) is 9.65. The van der Waals surface area contributed by atoms with Crippen LogP contribution >= 0.6 is 0 Å². The predicted octanol–water partition coefficient (Wildman–Crippen LogP) is 2.07. The summed E-state index contributed by atoms with van der Waals surface area (Å²) in [5.41, 5.74) is 3.45. The van der Waals surface area contributed by atoms with Gasteiger partial charge in [0, 0.05) is 38.0 Å². The van der Waals surface area contributed by atoms with Gasteiger partial charge in [0.1, 0.15) is 0 Å². The van der Waals surface area contributed by atoms with E-state index in [1.54, 1.807) is 4.90 Å². The zero-order chi connectivity index (χ0) is 18.7. The Hall–Kier alpha value is -1.88. The smallest absolute Gasteiger partial charge is 0.227 e. The van der Waals surface area contributed by atoms with E-state index in [2.05, 4.69) is 32.0 Å². The summed E-state index contributed by atoms with van der Waals surface area (Å²) in [5.74, 6) is 0.312. The number of hydrogen-bond acceptors (Lipinski definition) is 3. The van der Waals surface area contributed by atoms with E-state index in [0.29, 0.717) is 25.9 Å². The van der Waals surface area contributed by atoms with Crippen LogP contribution in [0.25, 0.3) is 0 Å². The van der Waals surface area contributed by atoms with Crippen LogP contribution in [-0.2, 0) is 16.0 Å². The Labute approximate surface area is 156 Å². The molecule has 0 radical (unpaired) electrons. The number of amides is 2. The SMILES string of the molecule is Cc1ccc(C)c(CC(=O)N2CCCC3(CCC(=O)N(CCO)C3)C2)c1. The van der Waals surface area contributed by atoms with Crippen molar-refractivity contribution in [2.75, 3.05) is 32.8 Å². The van der Waals surface area contributed by atoms with Crippen LogP contribution in [-0.4, -0.2) is 59.5 Å². The molecule has 3 rings (SSSR count). The van der Waals surface area contributed by atoms with E-state index in [1.807, 2.05) is 4.90 Å². The van der Waals surface area contributed by atoms with Crippen molar-refractivity contribution < 1.29 is 14.7 Å². The first-order chi connectivity index (χ1) is 12.4. The van der Waals surface area contributed by atoms with E-state index in [9.17, 15) is 14.7 Å². The van der Waals surface area contributed by atoms with Crippen molar-refractivity contribution in [3.8, 4) is 0 Å². The van der Waals surface area contributed by atoms with Crippen LogP contribution in [0.2, 0.25) is 0 Å². The lowest BCUT2D eigenvalue weighted by Gasteiger charge is -2.48. The molecule has 0 aliphatic carbocycles. The summed E-state index contributed by atoms with van der Waals surface area (Å²) in [5, 5.41) is 9.22. The Morgan fingerprint density at radius 3 is 2.81 bits per heavy atom. The van der Waals surface area contributed by atoms with Crippen molar-refractivity contribution in [1.82, 2.24) is 9.80 Å². The highest BCUT2D eigenvalue weighted by atomic mass is 16.3. The van der Waals surface area contributed by atoms with E-state index in [-0.39, 0.29) is 23.8 Å². The Kier molecular flexibility index (Phi) is 5.66. The second kappa shape index (κ2) is 7.78. The number of β-amino-alcohol motifs (C(OH)–C–C–N with tert-alkyl or cyclic N) is 1. The van der Waals surface area contributed by atoms with Gasteiger partial charge in [-0.25, -0.2) is 0 Å². The van der Waals surface area contributed by atoms with Gasteiger partial charge < -0.3 is 14.9 Å². The maximum absolute atomic E-state index is 12.9. The van der Waals surface area contributed by atoms with E-state index in [4.69, 9.17) is 0 Å². The van der Waals surface area contributed by atoms with Crippen LogP contribution in [0.3, 0.4) is 0 Å². The monoisotopic (exact) mass is 358 g/mol. The highest BCUT2D eigenvalue weighted by Crippen LogP contribution is 2.39. The second-order valence-corrected chi connectivity index (χ2v) is 8.06. The topological polar surface area (TPSA) is 60.9 Å². The van der Waals surface area contributed by atoms with Gasteiger partial charge in [0.2, 0.25) is 11.8 Å². The van der Waals surface area contributed by atoms with Gasteiger partial charge in [-0.05, 0) is 44.2 Å². The molecule has 1 aromatic rings. The van der Waals surface area contributed by atoms with Crippen molar-refractivity contribution in [3.63, 3.8) is 0 Å². The minimum absolute atomic E-state index is 0.00135. The number of piperidine rings is 2. The summed E-state index contributed by atoms with van der Waals surface area (Å²) in [4.78, 5) is 28.8. The molecule has 5 heteroatoms. The molecule has 2 aliphatic heterocycles. The molecule has 1 atom stereocenters. The Morgan fingerprint density at radius 1 is 1.23 bits per heavy atom. The Bertz CT molecular complexity index is 688. The van der Waals surface area contributed by atoms with Gasteiger partial charge in [-0.15, -0.1) is 0 Å². The molecular formula is C21H30N2O3. The normalized spacial score (nSPS) is 23.6. The van der Waals surface area contributed by atoms with E-state index in [1.165, 1.54) is 5.56 Å². The number of carbonyl (C=O) groups is 2. The van der Waals surface area contributed by atoms with Crippen molar-refractivity contribution >= 4 is 11.8 Å². The van der Waals surface area contributed by atoms with Gasteiger partial charge >= 0.3 is 0 Å². The lowest BCUT2D eigenvalue weighted by Crippen LogP contribution is -2.55. The molecule has 2 amide bonds. The molecule has 26 heavy (non-hydrogen) atoms. The fourth-order valence-corrected chi connectivity index (χ4v) is 4.45. The molecule has 0 bridgehead atoms. The molecule has 1 aromatic carbocycles. The van der Waals surface area contributed by atoms with Crippen LogP contribution in [0.15, 0.2) is 18.2 Å². The number of benzene rings is 1. The molecule has 2 saturated heterocycles. The fraction of sp³-hybridized carbons (Fsp3) is 0.619. The van der Waals surface area contributed by atoms with Crippen molar-refractivity contribution in [3.05, 3.63) is 34.9 Å². The van der Waals surface area contributed by atoms with Gasteiger partial charge in [0.15, 0.2) is 0 Å². The van der Waals surface area contributed by atoms with Crippen molar-refractivity contribution in [2.24, 2.45) is 5.41 Å². The minimum Gasteiger partial charge on any atom is -0.395 e. The first kappa shape index (κ1) is 18.9. The number of rotatable bonds is 4. The fourth-order valence-electron chi connectivity index (χ4n) is 4.45. The van der Waals surface area contributed by atoms with Crippen LogP contribution < -0.4 is 0 Å². The summed E-state index contributed by atoms with van der Waals surface area (Å²) in [6.07, 6.45) is 3.86. The lowest BCUT2D eigenvalue weighted by atomic mass is 9.73. The first-order valence-electron chi connectivity index (χ1n) is 9.65. The minimum atomic E-state index is -0.00288. The van der Waals surface area contributed by atoms with Crippen molar-refractivity contribution in [2.45, 2.75) is 46.0 Å². The van der Waals surface area contributed by atoms with E-state index >= 15 is 0 Å². The lowest BCUT2D eigenvalue weighted by molar-refractivity contribution is -0.143. The Balaban J connectivity index is 1.68. The average molecular weight is 358 g/mol. The number of aliphatic hydroxyl groups is 1. The number of hydrogen-bond donors (Lipinski definition) is 1. The number of nitrogens with zero attached hydrogens (tertiary/aromatic N) is 2. The van der Waals surface area contributed by atoms with Crippen LogP contribution in [0, 0.1) is 19.3 Å². The van der Waals surface area contributed by atoms with Crippen LogP contribution in [0.5, 0.6) is 0 Å². The molecule has 0 aromatic heterocycles. The third-order valence-electron chi connectivity index (χ3n) is 5.98. The quantitative estimate of drug-likeness (QED) is 0.896. The summed E-state index contributed by atoms with van der Waals surface area (Å²) >= 11 is 0. The molecule has 1 N–H and O–H groups in total. The van der Waals surface area contributed by atoms with E-state index in [0.717, 1.165) is 43.5 Å². The van der Waals surface area contributed by atoms with Crippen LogP contribution in [0.1, 0.15) is 42.4 Å². The predicted molar refractivity (Wildman–Crippen MR) is 101 cm³/mol. The number of aryl methyl sites for hydroxylation is 2. The van der Waals surface area contributed by atoms with Crippen LogP contribution in [0.4, 0.5) is 0 Å². The highest BCUT2D eigenvalue weighted by molar-refractivity contribution is 5.80. The molecule has 2 heterocycles. The third-order valence-corrected chi connectivity index (χ3v) is 5.98. The number of aliphatic hydroxyl groups excluding tert-OH is 1. The molecule has 5 nitrogen and oxygen atoms in total. The maximum Gasteiger partial charge on any atom is 0.227 e. The summed E-state index contributed by atoms with van der Waals surface area (Å²) in [6.45, 7) is 6.70. The van der Waals surface area contributed by atoms with E-state index < -0.39 is 0 Å².